The second kappa shape index (κ2) is 24.6. The number of rotatable bonds is 2. The van der Waals surface area contributed by atoms with Gasteiger partial charge in [-0.2, -0.15) is 0 Å². The first-order chi connectivity index (χ1) is 6.23. The van der Waals surface area contributed by atoms with Gasteiger partial charge in [-0.05, 0) is 14.0 Å². The van der Waals surface area contributed by atoms with Crippen molar-refractivity contribution in [3.05, 3.63) is 0 Å². The molecule has 0 aromatic rings. The largest absolute Gasteiger partial charge is 1.00 e. The molecule has 7 nitrogen and oxygen atoms in total. The Balaban J connectivity index is -0.0000000367. The molecule has 0 aliphatic carbocycles. The van der Waals surface area contributed by atoms with Gasteiger partial charge in [-0.3, -0.25) is 4.79 Å². The van der Waals surface area contributed by atoms with Crippen LogP contribution in [0, 0.1) is 0 Å². The molecule has 0 amide bonds. The van der Waals surface area contributed by atoms with E-state index in [0.29, 0.717) is 0 Å². The first-order valence-electron chi connectivity index (χ1n) is 3.45. The fourth-order valence-corrected chi connectivity index (χ4v) is 0.144. The Kier molecular flexibility index (Phi) is 45.9. The molecule has 0 saturated heterocycles. The Morgan fingerprint density at radius 3 is 1.31 bits per heavy atom. The zero-order valence-electron chi connectivity index (χ0n) is 10.2. The second-order valence-corrected chi connectivity index (χ2v) is 1.91. The molecule has 0 aromatic carbocycles. The van der Waals surface area contributed by atoms with E-state index in [2.05, 4.69) is 5.32 Å². The maximum absolute atomic E-state index is 9.43. The quantitative estimate of drug-likeness (QED) is 0.467. The molecule has 0 heterocycles. The van der Waals surface area contributed by atoms with Crippen molar-refractivity contribution in [3.63, 3.8) is 0 Å². The van der Waals surface area contributed by atoms with Gasteiger partial charge in [0.05, 0.1) is 5.97 Å². The third-order valence-corrected chi connectivity index (χ3v) is 0.321. The zero-order valence-corrected chi connectivity index (χ0v) is 14.2. The summed E-state index contributed by atoms with van der Waals surface area (Å²) in [5, 5.41) is 28.1. The van der Waals surface area contributed by atoms with Crippen LogP contribution in [0.15, 0.2) is 0 Å². The molecule has 0 unspecified atom stereocenters. The van der Waals surface area contributed by atoms with Gasteiger partial charge in [0.2, 0.25) is 0 Å². The number of hydrogen-bond donors (Lipinski definition) is 2. The minimum absolute atomic E-state index is 0. The Morgan fingerprint density at radius 1 is 1.12 bits per heavy atom. The van der Waals surface area contributed by atoms with Gasteiger partial charge >= 0.3 is 59.1 Å². The Bertz CT molecular complexity index is 168. The van der Waals surface area contributed by atoms with Crippen LogP contribution in [0.4, 0.5) is 0 Å². The maximum atomic E-state index is 9.43. The number of carboxylic acids is 3. The van der Waals surface area contributed by atoms with E-state index in [1.54, 1.807) is 7.05 Å². The van der Waals surface area contributed by atoms with Gasteiger partial charge in [0.25, 0.3) is 5.97 Å². The minimum Gasteiger partial charge on any atom is -0.550 e. The average molecular weight is 253 g/mol. The molecular formula is C7H13NNa2O6. The Hall–Kier alpha value is 0.370. The van der Waals surface area contributed by atoms with Crippen molar-refractivity contribution in [3.8, 4) is 0 Å². The summed E-state index contributed by atoms with van der Waals surface area (Å²) in [6.45, 7) is 1.99. The molecule has 2 N–H and O–H groups in total. The van der Waals surface area contributed by atoms with Gasteiger partial charge in [0.1, 0.15) is 0 Å². The molecule has 0 saturated carbocycles. The van der Waals surface area contributed by atoms with Gasteiger partial charge in [-0.1, -0.05) is 0 Å². The normalized spacial score (nSPS) is 6.19. The Morgan fingerprint density at radius 2 is 1.31 bits per heavy atom. The second-order valence-electron chi connectivity index (χ2n) is 1.91. The molecule has 0 fully saturated rings. The maximum Gasteiger partial charge on any atom is 1.00 e. The third kappa shape index (κ3) is 226. The summed E-state index contributed by atoms with van der Waals surface area (Å²) in [5.41, 5.74) is 0. The number of aliphatic carboxylic acids is 3. The van der Waals surface area contributed by atoms with Crippen LogP contribution in [0.1, 0.15) is 13.8 Å². The minimum atomic E-state index is -1.08. The third-order valence-electron chi connectivity index (χ3n) is 0.321. The first kappa shape index (κ1) is 29.9. The van der Waals surface area contributed by atoms with Gasteiger partial charge in [0.15, 0.2) is 0 Å². The molecule has 0 spiro atoms. The molecule has 0 aliphatic heterocycles. The van der Waals surface area contributed by atoms with Crippen LogP contribution in [0.5, 0.6) is 0 Å². The van der Waals surface area contributed by atoms with Crippen LogP contribution in [-0.4, -0.2) is 36.6 Å². The molecule has 0 aliphatic rings. The summed E-state index contributed by atoms with van der Waals surface area (Å²) in [6.07, 6.45) is 0. The molecular weight excluding hydrogens is 240 g/mol. The van der Waals surface area contributed by atoms with Crippen LogP contribution in [0.25, 0.3) is 0 Å². The van der Waals surface area contributed by atoms with Crippen molar-refractivity contribution < 1.29 is 88.8 Å². The average Bonchev–Trinajstić information content (AvgIpc) is 1.82. The van der Waals surface area contributed by atoms with Crippen molar-refractivity contribution in [2.75, 3.05) is 13.6 Å². The fourth-order valence-electron chi connectivity index (χ4n) is 0.144. The molecule has 0 atom stereocenters. The summed E-state index contributed by atoms with van der Waals surface area (Å²) in [4.78, 5) is 27.3. The smallest absolute Gasteiger partial charge is 0.550 e. The molecule has 0 bridgehead atoms. The van der Waals surface area contributed by atoms with E-state index in [0.717, 1.165) is 13.8 Å². The monoisotopic (exact) mass is 253 g/mol. The number of likely N-dealkylation sites (N-methyl/N-ethyl adjacent to an activating group) is 1. The van der Waals surface area contributed by atoms with E-state index in [1.165, 1.54) is 0 Å². The number of carbonyl (C=O) groups is 3. The summed E-state index contributed by atoms with van der Waals surface area (Å²) in [5.74, 6) is -2.99. The van der Waals surface area contributed by atoms with Crippen LogP contribution in [-0.2, 0) is 14.4 Å². The topological polar surface area (TPSA) is 130 Å². The van der Waals surface area contributed by atoms with E-state index < -0.39 is 17.9 Å². The molecule has 0 aromatic heterocycles. The van der Waals surface area contributed by atoms with Gasteiger partial charge < -0.3 is 30.2 Å². The predicted molar refractivity (Wildman–Crippen MR) is 42.9 cm³/mol. The Labute approximate surface area is 138 Å². The van der Waals surface area contributed by atoms with Crippen LogP contribution >= 0.6 is 0 Å². The van der Waals surface area contributed by atoms with Crippen molar-refractivity contribution in [2.24, 2.45) is 0 Å². The van der Waals surface area contributed by atoms with Gasteiger partial charge in [-0.15, -0.1) is 0 Å². The van der Waals surface area contributed by atoms with Crippen LogP contribution in [0.3, 0.4) is 0 Å². The van der Waals surface area contributed by atoms with E-state index in [4.69, 9.17) is 19.8 Å². The molecule has 0 radical (unpaired) electrons. The molecule has 9 heteroatoms. The van der Waals surface area contributed by atoms with Gasteiger partial charge in [0, 0.05) is 19.4 Å². The summed E-state index contributed by atoms with van der Waals surface area (Å²) >= 11 is 0. The fraction of sp³-hybridized carbons (Fsp3) is 0.571. The van der Waals surface area contributed by atoms with Crippen molar-refractivity contribution >= 4 is 17.9 Å². The number of carbonyl (C=O) groups excluding carboxylic acids is 2. The van der Waals surface area contributed by atoms with E-state index in [1.807, 2.05) is 0 Å². The van der Waals surface area contributed by atoms with Crippen molar-refractivity contribution in [1.29, 1.82) is 0 Å². The van der Waals surface area contributed by atoms with Crippen LogP contribution in [0.2, 0.25) is 0 Å². The van der Waals surface area contributed by atoms with Gasteiger partial charge in [-0.25, -0.2) is 0 Å². The van der Waals surface area contributed by atoms with E-state index in [9.17, 15) is 9.90 Å². The molecule has 84 valence electrons. The van der Waals surface area contributed by atoms with Crippen molar-refractivity contribution in [2.45, 2.75) is 13.8 Å². The molecule has 16 heavy (non-hydrogen) atoms. The number of carboxylic acid groups (broad SMARTS) is 3. The van der Waals surface area contributed by atoms with E-state index in [-0.39, 0.29) is 65.7 Å². The predicted octanol–water partition coefficient (Wildman–Crippen LogP) is -9.19. The summed E-state index contributed by atoms with van der Waals surface area (Å²) < 4.78 is 0. The standard InChI is InChI=1S/C3H7NO2.2C2H4O2.2Na/c1-4-2-3(5)6;2*1-2(3)4;;/h4H,2H2,1H3,(H,5,6);2*1H3,(H,3,4);;/q;;;2*+1/p-2. The zero-order chi connectivity index (χ0) is 12.1. The number of nitrogens with one attached hydrogen (secondary N) is 1. The first-order valence-corrected chi connectivity index (χ1v) is 3.45. The van der Waals surface area contributed by atoms with Crippen LogP contribution < -0.4 is 74.6 Å². The number of hydrogen-bond acceptors (Lipinski definition) is 6. The summed E-state index contributed by atoms with van der Waals surface area (Å²) in [7, 11) is 1.55. The SMILES string of the molecule is CC(=O)O.CC(=O)[O-].CNCC(=O)[O-].[Na+].[Na+]. The summed E-state index contributed by atoms with van der Waals surface area (Å²) in [6, 6.07) is 0. The molecule has 0 rings (SSSR count). The van der Waals surface area contributed by atoms with E-state index >= 15 is 0 Å². The van der Waals surface area contributed by atoms with Crippen molar-refractivity contribution in [1.82, 2.24) is 5.32 Å².